The van der Waals surface area contributed by atoms with Crippen LogP contribution in [0, 0.1) is 0 Å². The van der Waals surface area contributed by atoms with E-state index in [1.807, 2.05) is 6.92 Å². The molecule has 5 nitrogen and oxygen atoms in total. The van der Waals surface area contributed by atoms with Crippen molar-refractivity contribution in [1.82, 2.24) is 4.90 Å². The first-order valence-corrected chi connectivity index (χ1v) is 5.70. The van der Waals surface area contributed by atoms with Crippen LogP contribution in [-0.4, -0.2) is 68.2 Å². The zero-order valence-electron chi connectivity index (χ0n) is 10.5. The summed E-state index contributed by atoms with van der Waals surface area (Å²) in [5.41, 5.74) is 5.40. The number of aliphatic hydroxyl groups excluding tert-OH is 1. The Morgan fingerprint density at radius 3 is 2.19 bits per heavy atom. The van der Waals surface area contributed by atoms with Crippen molar-refractivity contribution >= 4 is 0 Å². The zero-order valence-corrected chi connectivity index (χ0v) is 10.5. The van der Waals surface area contributed by atoms with Crippen molar-refractivity contribution < 1.29 is 14.6 Å². The molecular weight excluding hydrogens is 208 g/mol. The van der Waals surface area contributed by atoms with Crippen LogP contribution in [0.2, 0.25) is 0 Å². The molecule has 0 radical (unpaired) electrons. The number of nitrogens with zero attached hydrogens (tertiary/aromatic N) is 1. The molecule has 1 rings (SSSR count). The Hall–Kier alpha value is -0.200. The first kappa shape index (κ1) is 13.9. The largest absolute Gasteiger partial charge is 0.394 e. The Balaban J connectivity index is 2.35. The summed E-state index contributed by atoms with van der Waals surface area (Å²) in [6.07, 6.45) is 1.06. The average Bonchev–Trinajstić information content (AvgIpc) is 2.69. The van der Waals surface area contributed by atoms with Gasteiger partial charge in [-0.15, -0.1) is 0 Å². The topological polar surface area (TPSA) is 68.0 Å². The molecule has 0 amide bonds. The fourth-order valence-electron chi connectivity index (χ4n) is 1.95. The molecule has 0 aliphatic carbocycles. The minimum atomic E-state index is -0.492. The second-order valence-corrected chi connectivity index (χ2v) is 4.87. The monoisotopic (exact) mass is 232 g/mol. The van der Waals surface area contributed by atoms with Crippen LogP contribution in [0.5, 0.6) is 0 Å². The Bertz CT molecular complexity index is 199. The molecule has 1 aliphatic heterocycles. The first-order chi connectivity index (χ1) is 7.52. The minimum Gasteiger partial charge on any atom is -0.394 e. The highest BCUT2D eigenvalue weighted by molar-refractivity contribution is 4.87. The molecule has 0 aromatic carbocycles. The van der Waals surface area contributed by atoms with Gasteiger partial charge < -0.3 is 20.3 Å². The molecule has 1 saturated heterocycles. The summed E-state index contributed by atoms with van der Waals surface area (Å²) in [6.45, 7) is 4.49. The average molecular weight is 232 g/mol. The van der Waals surface area contributed by atoms with Crippen LogP contribution in [0.25, 0.3) is 0 Å². The molecule has 0 bridgehead atoms. The smallest absolute Gasteiger partial charge is 0.0971 e. The van der Waals surface area contributed by atoms with E-state index in [-0.39, 0.29) is 18.8 Å². The fourth-order valence-corrected chi connectivity index (χ4v) is 1.95. The van der Waals surface area contributed by atoms with Gasteiger partial charge in [-0.05, 0) is 13.3 Å². The molecule has 3 unspecified atom stereocenters. The number of ether oxygens (including phenoxy) is 2. The van der Waals surface area contributed by atoms with Crippen LogP contribution in [0.15, 0.2) is 0 Å². The molecule has 5 heteroatoms. The predicted molar refractivity (Wildman–Crippen MR) is 62.3 cm³/mol. The van der Waals surface area contributed by atoms with Gasteiger partial charge in [0.2, 0.25) is 0 Å². The Kier molecular flexibility index (Phi) is 5.14. The van der Waals surface area contributed by atoms with Crippen molar-refractivity contribution in [3.63, 3.8) is 0 Å². The fraction of sp³-hybridized carbons (Fsp3) is 1.00. The van der Waals surface area contributed by atoms with E-state index in [0.29, 0.717) is 0 Å². The number of hydrogen-bond donors (Lipinski definition) is 2. The van der Waals surface area contributed by atoms with Crippen LogP contribution in [0.4, 0.5) is 0 Å². The van der Waals surface area contributed by atoms with Crippen LogP contribution >= 0.6 is 0 Å². The molecule has 1 aliphatic rings. The highest BCUT2D eigenvalue weighted by atomic mass is 16.5. The second-order valence-electron chi connectivity index (χ2n) is 4.87. The van der Waals surface area contributed by atoms with Crippen LogP contribution in [0.3, 0.4) is 0 Å². The summed E-state index contributed by atoms with van der Waals surface area (Å²) in [4.78, 5) is 2.27. The quantitative estimate of drug-likeness (QED) is 0.642. The number of likely N-dealkylation sites (tertiary alicyclic amines) is 1. The summed E-state index contributed by atoms with van der Waals surface area (Å²) in [5, 5.41) is 9.07. The molecule has 0 saturated carbocycles. The van der Waals surface area contributed by atoms with Gasteiger partial charge in [-0.1, -0.05) is 0 Å². The van der Waals surface area contributed by atoms with Gasteiger partial charge in [-0.2, -0.15) is 0 Å². The molecule has 0 aromatic heterocycles. The third-order valence-electron chi connectivity index (χ3n) is 3.26. The van der Waals surface area contributed by atoms with Crippen LogP contribution < -0.4 is 5.73 Å². The lowest BCUT2D eigenvalue weighted by Gasteiger charge is -2.25. The highest BCUT2D eigenvalue weighted by Gasteiger charge is 2.33. The van der Waals surface area contributed by atoms with Crippen molar-refractivity contribution in [1.29, 1.82) is 0 Å². The number of hydrogen-bond acceptors (Lipinski definition) is 5. The Morgan fingerprint density at radius 2 is 1.81 bits per heavy atom. The van der Waals surface area contributed by atoms with E-state index in [9.17, 15) is 0 Å². The lowest BCUT2D eigenvalue weighted by Crippen LogP contribution is -2.43. The maximum absolute atomic E-state index is 9.07. The summed E-state index contributed by atoms with van der Waals surface area (Å²) >= 11 is 0. The van der Waals surface area contributed by atoms with Gasteiger partial charge in [0.05, 0.1) is 18.8 Å². The van der Waals surface area contributed by atoms with Gasteiger partial charge in [0.25, 0.3) is 0 Å². The van der Waals surface area contributed by atoms with Crippen LogP contribution in [-0.2, 0) is 9.47 Å². The van der Waals surface area contributed by atoms with E-state index in [0.717, 1.165) is 26.1 Å². The summed E-state index contributed by atoms with van der Waals surface area (Å²) in [6, 6.07) is 0. The summed E-state index contributed by atoms with van der Waals surface area (Å²) in [5.74, 6) is 0. The van der Waals surface area contributed by atoms with Gasteiger partial charge >= 0.3 is 0 Å². The minimum absolute atomic E-state index is 0.0161. The van der Waals surface area contributed by atoms with E-state index < -0.39 is 5.54 Å². The number of rotatable bonds is 6. The molecule has 3 atom stereocenters. The molecule has 0 spiro atoms. The van der Waals surface area contributed by atoms with E-state index in [1.54, 1.807) is 14.2 Å². The summed E-state index contributed by atoms with van der Waals surface area (Å²) < 4.78 is 10.7. The van der Waals surface area contributed by atoms with E-state index >= 15 is 0 Å². The second kappa shape index (κ2) is 5.93. The third-order valence-corrected chi connectivity index (χ3v) is 3.26. The van der Waals surface area contributed by atoms with E-state index in [4.69, 9.17) is 20.3 Å². The maximum Gasteiger partial charge on any atom is 0.0971 e. The number of nitrogens with two attached hydrogens (primary N) is 1. The van der Waals surface area contributed by atoms with Crippen molar-refractivity contribution in [2.24, 2.45) is 5.73 Å². The van der Waals surface area contributed by atoms with Gasteiger partial charge in [0.1, 0.15) is 0 Å². The third kappa shape index (κ3) is 3.68. The van der Waals surface area contributed by atoms with E-state index in [1.165, 1.54) is 0 Å². The highest BCUT2D eigenvalue weighted by Crippen LogP contribution is 2.17. The number of aliphatic hydroxyl groups is 1. The van der Waals surface area contributed by atoms with Crippen molar-refractivity contribution in [2.75, 3.05) is 40.5 Å². The standard InChI is InChI=1S/C11H24N2O3/c1-11(12,8-14)4-5-13-6-9(15-2)10(7-13)16-3/h9-10,14H,4-8,12H2,1-3H3. The normalized spacial score (nSPS) is 30.6. The molecule has 3 N–H and O–H groups in total. The van der Waals surface area contributed by atoms with Gasteiger partial charge in [0, 0.05) is 39.4 Å². The predicted octanol–water partition coefficient (Wildman–Crippen LogP) is -0.568. The van der Waals surface area contributed by atoms with Gasteiger partial charge in [0.15, 0.2) is 0 Å². The lowest BCUT2D eigenvalue weighted by atomic mass is 10.0. The zero-order chi connectivity index (χ0) is 12.2. The summed E-state index contributed by atoms with van der Waals surface area (Å²) in [7, 11) is 3.42. The molecule has 1 heterocycles. The Morgan fingerprint density at radius 1 is 1.31 bits per heavy atom. The maximum atomic E-state index is 9.07. The lowest BCUT2D eigenvalue weighted by molar-refractivity contribution is -0.00461. The van der Waals surface area contributed by atoms with Crippen molar-refractivity contribution in [3.05, 3.63) is 0 Å². The van der Waals surface area contributed by atoms with E-state index in [2.05, 4.69) is 4.90 Å². The molecule has 0 aromatic rings. The van der Waals surface area contributed by atoms with Crippen molar-refractivity contribution in [2.45, 2.75) is 31.1 Å². The molecule has 96 valence electrons. The van der Waals surface area contributed by atoms with Crippen molar-refractivity contribution in [3.8, 4) is 0 Å². The molecule has 16 heavy (non-hydrogen) atoms. The Labute approximate surface area is 97.5 Å². The SMILES string of the molecule is COC1CN(CCC(C)(N)CO)CC1OC. The number of methoxy groups -OCH3 is 2. The van der Waals surface area contributed by atoms with Gasteiger partial charge in [-0.3, -0.25) is 4.90 Å². The molecule has 1 fully saturated rings. The molecular formula is C11H24N2O3. The first-order valence-electron chi connectivity index (χ1n) is 5.70. The van der Waals surface area contributed by atoms with Crippen LogP contribution in [0.1, 0.15) is 13.3 Å². The van der Waals surface area contributed by atoms with Gasteiger partial charge in [-0.25, -0.2) is 0 Å².